The van der Waals surface area contributed by atoms with Gasteiger partial charge in [0.2, 0.25) is 0 Å². The minimum absolute atomic E-state index is 0.953. The van der Waals surface area contributed by atoms with Gasteiger partial charge in [0.05, 0.1) is 11.2 Å². The van der Waals surface area contributed by atoms with Crippen molar-refractivity contribution in [2.24, 2.45) is 0 Å². The molecule has 0 fully saturated rings. The van der Waals surface area contributed by atoms with Crippen LogP contribution in [0.3, 0.4) is 0 Å². The summed E-state index contributed by atoms with van der Waals surface area (Å²) in [5.74, 6) is 0. The van der Waals surface area contributed by atoms with E-state index in [9.17, 15) is 0 Å². The van der Waals surface area contributed by atoms with Crippen molar-refractivity contribution < 1.29 is 0 Å². The van der Waals surface area contributed by atoms with E-state index in [0.717, 1.165) is 22.4 Å². The van der Waals surface area contributed by atoms with E-state index in [0.29, 0.717) is 0 Å². The molecule has 0 atom stereocenters. The first-order chi connectivity index (χ1) is 8.93. The molecule has 0 amide bonds. The maximum Gasteiger partial charge on any atom is 0.137 e. The van der Waals surface area contributed by atoms with E-state index in [2.05, 4.69) is 20.5 Å². The van der Waals surface area contributed by atoms with Gasteiger partial charge in [-0.1, -0.05) is 0 Å². The molecule has 4 heterocycles. The molecule has 0 aliphatic heterocycles. The van der Waals surface area contributed by atoms with Crippen LogP contribution in [0.25, 0.3) is 22.4 Å². The van der Waals surface area contributed by atoms with Gasteiger partial charge in [-0.2, -0.15) is 5.10 Å². The fraction of sp³-hybridized carbons (Fsp3) is 0. The zero-order chi connectivity index (χ0) is 11.9. The Hall–Kier alpha value is -2.62. The highest BCUT2D eigenvalue weighted by atomic mass is 15.2. The van der Waals surface area contributed by atoms with Gasteiger partial charge in [-0.3, -0.25) is 0 Å². The standard InChI is InChI=1S/C14H10N4/c1-3-13-11(5-8-16-18(13)10-1)12-6-7-15-14-4-2-9-17(12)14/h1-10H. The Labute approximate surface area is 103 Å². The van der Waals surface area contributed by atoms with E-state index in [-0.39, 0.29) is 0 Å². The van der Waals surface area contributed by atoms with Crippen molar-refractivity contribution in [2.75, 3.05) is 0 Å². The maximum atomic E-state index is 4.34. The molecular formula is C14H10N4. The normalized spacial score (nSPS) is 11.3. The number of nitrogens with zero attached hydrogens (tertiary/aromatic N) is 4. The van der Waals surface area contributed by atoms with Gasteiger partial charge in [0.15, 0.2) is 0 Å². The van der Waals surface area contributed by atoms with Crippen molar-refractivity contribution in [3.05, 3.63) is 61.2 Å². The van der Waals surface area contributed by atoms with Crippen LogP contribution in [0.15, 0.2) is 61.2 Å². The molecule has 0 saturated carbocycles. The van der Waals surface area contributed by atoms with Crippen molar-refractivity contribution in [3.8, 4) is 11.3 Å². The van der Waals surface area contributed by atoms with Gasteiger partial charge >= 0.3 is 0 Å². The van der Waals surface area contributed by atoms with Gasteiger partial charge in [0, 0.05) is 30.4 Å². The second-order valence-corrected chi connectivity index (χ2v) is 4.15. The summed E-state index contributed by atoms with van der Waals surface area (Å²) >= 11 is 0. The van der Waals surface area contributed by atoms with Gasteiger partial charge in [0.25, 0.3) is 0 Å². The summed E-state index contributed by atoms with van der Waals surface area (Å²) in [7, 11) is 0. The highest BCUT2D eigenvalue weighted by molar-refractivity contribution is 5.78. The Morgan fingerprint density at radius 2 is 1.83 bits per heavy atom. The molecule has 0 aromatic carbocycles. The average Bonchev–Trinajstić information content (AvgIpc) is 3.06. The van der Waals surface area contributed by atoms with Crippen LogP contribution in [0.4, 0.5) is 0 Å². The number of fused-ring (bicyclic) bond motifs is 2. The van der Waals surface area contributed by atoms with E-state index in [1.807, 2.05) is 59.6 Å². The predicted molar refractivity (Wildman–Crippen MR) is 69.4 cm³/mol. The van der Waals surface area contributed by atoms with Gasteiger partial charge in [0.1, 0.15) is 5.65 Å². The third-order valence-corrected chi connectivity index (χ3v) is 3.14. The Morgan fingerprint density at radius 1 is 0.889 bits per heavy atom. The Balaban J connectivity index is 2.13. The minimum atomic E-state index is 0.953. The van der Waals surface area contributed by atoms with Crippen LogP contribution in [0.2, 0.25) is 0 Å². The second kappa shape index (κ2) is 3.43. The van der Waals surface area contributed by atoms with E-state index in [1.54, 1.807) is 0 Å². The fourth-order valence-corrected chi connectivity index (χ4v) is 2.33. The summed E-state index contributed by atoms with van der Waals surface area (Å²) in [6.45, 7) is 0. The summed E-state index contributed by atoms with van der Waals surface area (Å²) in [4.78, 5) is 4.34. The highest BCUT2D eigenvalue weighted by Crippen LogP contribution is 2.24. The summed E-state index contributed by atoms with van der Waals surface area (Å²) in [6, 6.07) is 12.1. The first-order valence-corrected chi connectivity index (χ1v) is 5.78. The second-order valence-electron chi connectivity index (χ2n) is 4.15. The lowest BCUT2D eigenvalue weighted by Gasteiger charge is -2.07. The molecule has 0 bridgehead atoms. The van der Waals surface area contributed by atoms with Crippen LogP contribution in [0, 0.1) is 0 Å². The van der Waals surface area contributed by atoms with Crippen molar-refractivity contribution in [3.63, 3.8) is 0 Å². The molecule has 0 spiro atoms. The quantitative estimate of drug-likeness (QED) is 0.507. The number of aromatic nitrogens is 4. The van der Waals surface area contributed by atoms with Crippen molar-refractivity contribution in [1.82, 2.24) is 19.0 Å². The largest absolute Gasteiger partial charge is 0.301 e. The zero-order valence-corrected chi connectivity index (χ0v) is 9.56. The fourth-order valence-electron chi connectivity index (χ4n) is 2.33. The average molecular weight is 234 g/mol. The van der Waals surface area contributed by atoms with Crippen LogP contribution in [-0.2, 0) is 0 Å². The molecule has 4 aromatic heterocycles. The third kappa shape index (κ3) is 1.20. The van der Waals surface area contributed by atoms with Crippen LogP contribution in [-0.4, -0.2) is 19.0 Å². The van der Waals surface area contributed by atoms with Crippen LogP contribution >= 0.6 is 0 Å². The monoisotopic (exact) mass is 234 g/mol. The molecule has 4 aromatic rings. The number of hydrogen-bond donors (Lipinski definition) is 0. The van der Waals surface area contributed by atoms with Crippen LogP contribution < -0.4 is 0 Å². The molecule has 4 rings (SSSR count). The first kappa shape index (κ1) is 9.41. The first-order valence-electron chi connectivity index (χ1n) is 5.78. The predicted octanol–water partition coefficient (Wildman–Crippen LogP) is 2.65. The van der Waals surface area contributed by atoms with E-state index >= 15 is 0 Å². The molecule has 0 radical (unpaired) electrons. The maximum absolute atomic E-state index is 4.34. The molecule has 18 heavy (non-hydrogen) atoms. The number of hydrogen-bond acceptors (Lipinski definition) is 2. The van der Waals surface area contributed by atoms with Gasteiger partial charge in [-0.15, -0.1) is 0 Å². The molecule has 4 nitrogen and oxygen atoms in total. The summed E-state index contributed by atoms with van der Waals surface area (Å²) < 4.78 is 3.97. The Morgan fingerprint density at radius 3 is 2.83 bits per heavy atom. The molecule has 0 saturated heterocycles. The Bertz CT molecular complexity index is 769. The minimum Gasteiger partial charge on any atom is -0.301 e. The molecule has 0 aliphatic rings. The van der Waals surface area contributed by atoms with Crippen LogP contribution in [0.1, 0.15) is 0 Å². The molecule has 0 unspecified atom stereocenters. The Kier molecular flexibility index (Phi) is 1.80. The molecular weight excluding hydrogens is 224 g/mol. The topological polar surface area (TPSA) is 34.6 Å². The molecule has 4 heteroatoms. The molecule has 0 N–H and O–H groups in total. The summed E-state index contributed by atoms with van der Waals surface area (Å²) in [5.41, 5.74) is 4.32. The van der Waals surface area contributed by atoms with E-state index < -0.39 is 0 Å². The number of rotatable bonds is 1. The SMILES string of the molecule is c1cc2c(-c3ccnc4cccn34)ccnn2c1. The van der Waals surface area contributed by atoms with Gasteiger partial charge < -0.3 is 4.40 Å². The van der Waals surface area contributed by atoms with Gasteiger partial charge in [-0.25, -0.2) is 9.50 Å². The van der Waals surface area contributed by atoms with Crippen molar-refractivity contribution in [1.29, 1.82) is 0 Å². The lowest BCUT2D eigenvalue weighted by Crippen LogP contribution is -1.96. The summed E-state index contributed by atoms with van der Waals surface area (Å²) in [6.07, 6.45) is 7.63. The molecule has 0 aliphatic carbocycles. The lowest BCUT2D eigenvalue weighted by molar-refractivity contribution is 0.940. The highest BCUT2D eigenvalue weighted by Gasteiger charge is 2.07. The smallest absolute Gasteiger partial charge is 0.137 e. The van der Waals surface area contributed by atoms with Crippen molar-refractivity contribution >= 4 is 11.2 Å². The third-order valence-electron chi connectivity index (χ3n) is 3.14. The van der Waals surface area contributed by atoms with Crippen LogP contribution in [0.5, 0.6) is 0 Å². The van der Waals surface area contributed by atoms with Gasteiger partial charge in [-0.05, 0) is 36.4 Å². The van der Waals surface area contributed by atoms with E-state index in [4.69, 9.17) is 0 Å². The van der Waals surface area contributed by atoms with Crippen molar-refractivity contribution in [2.45, 2.75) is 0 Å². The lowest BCUT2D eigenvalue weighted by atomic mass is 10.1. The zero-order valence-electron chi connectivity index (χ0n) is 9.56. The van der Waals surface area contributed by atoms with E-state index in [1.165, 1.54) is 0 Å². The summed E-state index contributed by atoms with van der Waals surface area (Å²) in [5, 5.41) is 4.29. The molecule has 86 valence electrons.